The molecule has 0 unspecified atom stereocenters. The molecule has 9 nitrogen and oxygen atoms in total. The number of hydrogen-bond donors (Lipinski definition) is 0. The molecule has 1 aromatic carbocycles. The van der Waals surface area contributed by atoms with Crippen molar-refractivity contribution in [2.24, 2.45) is 0 Å². The second-order valence-electron chi connectivity index (χ2n) is 6.06. The number of ether oxygens (including phenoxy) is 1. The van der Waals surface area contributed by atoms with Gasteiger partial charge in [0.05, 0.1) is 10.6 Å². The van der Waals surface area contributed by atoms with Gasteiger partial charge in [0.1, 0.15) is 4.90 Å². The second-order valence-corrected chi connectivity index (χ2v) is 8.38. The van der Waals surface area contributed by atoms with Crippen molar-refractivity contribution in [1.29, 1.82) is 0 Å². The number of nitrogens with zero attached hydrogens (tertiary/aromatic N) is 4. The molecule has 3 aromatic rings. The van der Waals surface area contributed by atoms with E-state index in [1.54, 1.807) is 38.4 Å². The quantitative estimate of drug-likeness (QED) is 0.480. The smallest absolute Gasteiger partial charge is 0.338 e. The van der Waals surface area contributed by atoms with Gasteiger partial charge in [-0.25, -0.2) is 13.2 Å². The SMILES string of the molecule is CCN(CC)S(=O)(=O)c1cc(C(=O)OCc2nc(-c3cccnc3)no2)ccc1Cl. The van der Waals surface area contributed by atoms with Crippen LogP contribution in [0.15, 0.2) is 52.1 Å². The zero-order chi connectivity index (χ0) is 21.7. The lowest BCUT2D eigenvalue weighted by Crippen LogP contribution is -2.31. The Bertz CT molecular complexity index is 1130. The highest BCUT2D eigenvalue weighted by atomic mass is 35.5. The average Bonchev–Trinajstić information content (AvgIpc) is 3.22. The summed E-state index contributed by atoms with van der Waals surface area (Å²) in [7, 11) is -3.84. The lowest BCUT2D eigenvalue weighted by atomic mass is 10.2. The summed E-state index contributed by atoms with van der Waals surface area (Å²) in [5.74, 6) is -0.343. The first-order chi connectivity index (χ1) is 14.4. The third-order valence-corrected chi connectivity index (χ3v) is 6.74. The number of rotatable bonds is 8. The number of halogens is 1. The lowest BCUT2D eigenvalue weighted by Gasteiger charge is -2.19. The van der Waals surface area contributed by atoms with Crippen LogP contribution in [-0.2, 0) is 21.4 Å². The van der Waals surface area contributed by atoms with Crippen molar-refractivity contribution in [3.8, 4) is 11.4 Å². The number of benzene rings is 1. The average molecular weight is 451 g/mol. The van der Waals surface area contributed by atoms with Crippen molar-refractivity contribution in [3.05, 3.63) is 59.2 Å². The van der Waals surface area contributed by atoms with Crippen LogP contribution in [0.5, 0.6) is 0 Å². The number of carbonyl (C=O) groups excluding carboxylic acids is 1. The van der Waals surface area contributed by atoms with Crippen LogP contribution in [0, 0.1) is 0 Å². The van der Waals surface area contributed by atoms with Crippen molar-refractivity contribution in [1.82, 2.24) is 19.4 Å². The largest absolute Gasteiger partial charge is 0.452 e. The van der Waals surface area contributed by atoms with E-state index < -0.39 is 16.0 Å². The molecule has 3 rings (SSSR count). The van der Waals surface area contributed by atoms with E-state index in [2.05, 4.69) is 15.1 Å². The Labute approximate surface area is 178 Å². The highest BCUT2D eigenvalue weighted by molar-refractivity contribution is 7.89. The number of pyridine rings is 1. The fraction of sp³-hybridized carbons (Fsp3) is 0.263. The fourth-order valence-electron chi connectivity index (χ4n) is 2.67. The van der Waals surface area contributed by atoms with Gasteiger partial charge in [-0.05, 0) is 30.3 Å². The van der Waals surface area contributed by atoms with Gasteiger partial charge in [-0.2, -0.15) is 9.29 Å². The molecular weight excluding hydrogens is 432 g/mol. The van der Waals surface area contributed by atoms with Gasteiger partial charge in [0.2, 0.25) is 15.8 Å². The molecule has 0 aliphatic carbocycles. The summed E-state index contributed by atoms with van der Waals surface area (Å²) >= 11 is 6.08. The molecule has 0 atom stereocenters. The van der Waals surface area contributed by atoms with Crippen LogP contribution in [0.2, 0.25) is 5.02 Å². The van der Waals surface area contributed by atoms with Crippen LogP contribution in [-0.4, -0.2) is 46.9 Å². The summed E-state index contributed by atoms with van der Waals surface area (Å²) in [6.45, 7) is 3.72. The first-order valence-electron chi connectivity index (χ1n) is 9.06. The van der Waals surface area contributed by atoms with E-state index >= 15 is 0 Å². The third kappa shape index (κ3) is 4.66. The van der Waals surface area contributed by atoms with Crippen LogP contribution in [0.25, 0.3) is 11.4 Å². The van der Waals surface area contributed by atoms with Crippen LogP contribution in [0.1, 0.15) is 30.1 Å². The summed E-state index contributed by atoms with van der Waals surface area (Å²) in [4.78, 5) is 20.4. The Morgan fingerprint density at radius 3 is 2.67 bits per heavy atom. The number of sulfonamides is 1. The van der Waals surface area contributed by atoms with Gasteiger partial charge in [0.25, 0.3) is 5.89 Å². The van der Waals surface area contributed by atoms with Gasteiger partial charge in [-0.1, -0.05) is 30.6 Å². The Morgan fingerprint density at radius 1 is 1.23 bits per heavy atom. The van der Waals surface area contributed by atoms with Crippen molar-refractivity contribution >= 4 is 27.6 Å². The van der Waals surface area contributed by atoms with E-state index in [-0.39, 0.29) is 41.1 Å². The number of aromatic nitrogens is 3. The summed E-state index contributed by atoms with van der Waals surface area (Å²) in [6, 6.07) is 7.44. The highest BCUT2D eigenvalue weighted by Crippen LogP contribution is 2.26. The van der Waals surface area contributed by atoms with Crippen molar-refractivity contribution in [3.63, 3.8) is 0 Å². The molecule has 0 radical (unpaired) electrons. The first kappa shape index (κ1) is 21.9. The van der Waals surface area contributed by atoms with Crippen LogP contribution < -0.4 is 0 Å². The number of carbonyl (C=O) groups is 1. The predicted molar refractivity (Wildman–Crippen MR) is 108 cm³/mol. The summed E-state index contributed by atoms with van der Waals surface area (Å²) in [5, 5.41) is 3.84. The van der Waals surface area contributed by atoms with E-state index in [4.69, 9.17) is 20.9 Å². The monoisotopic (exact) mass is 450 g/mol. The normalized spacial score (nSPS) is 11.6. The zero-order valence-corrected chi connectivity index (χ0v) is 17.9. The van der Waals surface area contributed by atoms with Gasteiger partial charge in [-0.15, -0.1) is 0 Å². The predicted octanol–water partition coefficient (Wildman–Crippen LogP) is 3.17. The Morgan fingerprint density at radius 2 is 2.00 bits per heavy atom. The van der Waals surface area contributed by atoms with Gasteiger partial charge in [0, 0.05) is 31.0 Å². The minimum atomic E-state index is -3.84. The maximum absolute atomic E-state index is 12.8. The Kier molecular flexibility index (Phi) is 6.80. The summed E-state index contributed by atoms with van der Waals surface area (Å²) in [5.41, 5.74) is 0.694. The Balaban J connectivity index is 1.74. The van der Waals surface area contributed by atoms with Crippen LogP contribution in [0.4, 0.5) is 0 Å². The number of esters is 1. The van der Waals surface area contributed by atoms with Gasteiger partial charge >= 0.3 is 5.97 Å². The summed E-state index contributed by atoms with van der Waals surface area (Å²) in [6.07, 6.45) is 3.19. The molecule has 158 valence electrons. The molecule has 0 spiro atoms. The standard InChI is InChI=1S/C19H19ClN4O5S/c1-3-24(4-2)30(26,27)16-10-13(7-8-15(16)20)19(25)28-12-17-22-18(23-29-17)14-6-5-9-21-11-14/h5-11H,3-4,12H2,1-2H3. The number of hydrogen-bond acceptors (Lipinski definition) is 8. The minimum Gasteiger partial charge on any atom is -0.452 e. The molecule has 0 saturated heterocycles. The van der Waals surface area contributed by atoms with Crippen LogP contribution >= 0.6 is 11.6 Å². The van der Waals surface area contributed by atoms with E-state index in [0.717, 1.165) is 0 Å². The van der Waals surface area contributed by atoms with Crippen molar-refractivity contribution in [2.75, 3.05) is 13.1 Å². The maximum atomic E-state index is 12.8. The minimum absolute atomic E-state index is 0.0245. The van der Waals surface area contributed by atoms with E-state index in [1.807, 2.05) is 0 Å². The van der Waals surface area contributed by atoms with Gasteiger partial charge in [-0.3, -0.25) is 4.98 Å². The topological polar surface area (TPSA) is 115 Å². The van der Waals surface area contributed by atoms with Gasteiger partial charge < -0.3 is 9.26 Å². The van der Waals surface area contributed by atoms with E-state index in [0.29, 0.717) is 11.4 Å². The van der Waals surface area contributed by atoms with Crippen molar-refractivity contribution < 1.29 is 22.5 Å². The zero-order valence-electron chi connectivity index (χ0n) is 16.3. The second kappa shape index (κ2) is 9.33. The van der Waals surface area contributed by atoms with Gasteiger partial charge in [0.15, 0.2) is 6.61 Å². The molecule has 0 amide bonds. The molecule has 11 heteroatoms. The highest BCUT2D eigenvalue weighted by Gasteiger charge is 2.26. The maximum Gasteiger partial charge on any atom is 0.338 e. The Hall–Kier alpha value is -2.82. The van der Waals surface area contributed by atoms with E-state index in [9.17, 15) is 13.2 Å². The molecule has 2 heterocycles. The lowest BCUT2D eigenvalue weighted by molar-refractivity contribution is 0.0429. The molecule has 30 heavy (non-hydrogen) atoms. The first-order valence-corrected chi connectivity index (χ1v) is 10.9. The molecule has 0 fully saturated rings. The molecule has 0 N–H and O–H groups in total. The van der Waals surface area contributed by atoms with E-state index in [1.165, 1.54) is 22.5 Å². The van der Waals surface area contributed by atoms with Crippen LogP contribution in [0.3, 0.4) is 0 Å². The molecule has 0 aliphatic rings. The summed E-state index contributed by atoms with van der Waals surface area (Å²) < 4.78 is 37.0. The molecular formula is C19H19ClN4O5S. The third-order valence-electron chi connectivity index (χ3n) is 4.20. The molecule has 0 saturated carbocycles. The fourth-order valence-corrected chi connectivity index (χ4v) is 4.63. The van der Waals surface area contributed by atoms with Crippen molar-refractivity contribution in [2.45, 2.75) is 25.3 Å². The molecule has 0 aliphatic heterocycles. The molecule has 2 aromatic heterocycles. The molecule has 0 bridgehead atoms.